The predicted molar refractivity (Wildman–Crippen MR) is 197 cm³/mol. The molecule has 0 radical (unpaired) electrons. The highest BCUT2D eigenvalue weighted by atomic mass is 32.1. The van der Waals surface area contributed by atoms with Gasteiger partial charge in [0.1, 0.15) is 48.1 Å². The Morgan fingerprint density at radius 2 is 1.80 bits per heavy atom. The molecule has 55 heavy (non-hydrogen) atoms. The lowest BCUT2D eigenvalue weighted by atomic mass is 9.82. The molecule has 0 saturated heterocycles. The number of rotatable bonds is 12. The van der Waals surface area contributed by atoms with Crippen molar-refractivity contribution < 1.29 is 37.7 Å². The van der Waals surface area contributed by atoms with Crippen molar-refractivity contribution in [2.45, 2.75) is 58.0 Å². The number of esters is 1. The first kappa shape index (κ1) is 40.1. The molecule has 5 rings (SSSR count). The lowest BCUT2D eigenvalue weighted by Crippen LogP contribution is -2.38. The van der Waals surface area contributed by atoms with Gasteiger partial charge < -0.3 is 19.5 Å². The van der Waals surface area contributed by atoms with E-state index in [1.807, 2.05) is 0 Å². The highest BCUT2D eigenvalue weighted by molar-refractivity contribution is 7.10. The third-order valence-electron chi connectivity index (χ3n) is 8.39. The summed E-state index contributed by atoms with van der Waals surface area (Å²) in [6.45, 7) is 5.61. The largest absolute Gasteiger partial charge is 0.459 e. The highest BCUT2D eigenvalue weighted by Gasteiger charge is 2.42. The van der Waals surface area contributed by atoms with Gasteiger partial charge in [-0.25, -0.2) is 33.2 Å². The molecular formula is C38H38F2N8O6S. The second-order valence-corrected chi connectivity index (χ2v) is 14.5. The Bertz CT molecular complexity index is 2230. The summed E-state index contributed by atoms with van der Waals surface area (Å²) in [7, 11) is 2.81. The molecule has 0 aliphatic heterocycles. The van der Waals surface area contributed by atoms with E-state index >= 15 is 4.39 Å². The van der Waals surface area contributed by atoms with Crippen molar-refractivity contribution in [2.75, 3.05) is 25.5 Å². The van der Waals surface area contributed by atoms with Crippen LogP contribution in [-0.2, 0) is 33.0 Å². The van der Waals surface area contributed by atoms with Crippen LogP contribution in [0.1, 0.15) is 65.9 Å². The molecule has 1 N–H and O–H groups in total. The number of ether oxygens (including phenoxy) is 2. The van der Waals surface area contributed by atoms with Gasteiger partial charge in [-0.3, -0.25) is 14.5 Å². The van der Waals surface area contributed by atoms with Crippen LogP contribution < -0.4 is 4.90 Å². The van der Waals surface area contributed by atoms with Gasteiger partial charge >= 0.3 is 12.1 Å². The number of halogens is 2. The summed E-state index contributed by atoms with van der Waals surface area (Å²) in [6, 6.07) is 14.8. The molecule has 0 bridgehead atoms. The molecule has 3 heterocycles. The summed E-state index contributed by atoms with van der Waals surface area (Å²) < 4.78 is 41.7. The van der Waals surface area contributed by atoms with E-state index in [2.05, 4.69) is 26.1 Å². The molecule has 2 aromatic carbocycles. The van der Waals surface area contributed by atoms with Crippen molar-refractivity contribution in [1.82, 2.24) is 29.6 Å². The highest BCUT2D eigenvalue weighted by Crippen LogP contribution is 2.41. The van der Waals surface area contributed by atoms with Crippen LogP contribution in [-0.4, -0.2) is 78.9 Å². The molecule has 0 aliphatic rings. The van der Waals surface area contributed by atoms with Gasteiger partial charge in [-0.15, -0.1) is 16.4 Å². The topological polar surface area (TPSA) is 177 Å². The Labute approximate surface area is 319 Å². The fourth-order valence-electron chi connectivity index (χ4n) is 5.43. The molecule has 3 aromatic heterocycles. The van der Waals surface area contributed by atoms with Crippen LogP contribution in [0, 0.1) is 23.0 Å². The molecule has 5 aromatic rings. The summed E-state index contributed by atoms with van der Waals surface area (Å²) in [4.78, 5) is 53.7. The first-order valence-electron chi connectivity index (χ1n) is 16.8. The van der Waals surface area contributed by atoms with E-state index in [1.165, 1.54) is 38.0 Å². The van der Waals surface area contributed by atoms with Gasteiger partial charge in [-0.1, -0.05) is 25.1 Å². The number of pyridine rings is 1. The molecule has 17 heteroatoms. The van der Waals surface area contributed by atoms with Crippen LogP contribution in [0.2, 0.25) is 0 Å². The van der Waals surface area contributed by atoms with Gasteiger partial charge in [-0.2, -0.15) is 5.26 Å². The van der Waals surface area contributed by atoms with Crippen molar-refractivity contribution in [3.05, 3.63) is 112 Å². The van der Waals surface area contributed by atoms with Gasteiger partial charge in [-0.05, 0) is 57.2 Å². The van der Waals surface area contributed by atoms with Gasteiger partial charge in [0.15, 0.2) is 0 Å². The third kappa shape index (κ3) is 9.52. The van der Waals surface area contributed by atoms with Crippen molar-refractivity contribution in [2.24, 2.45) is 0 Å². The number of carbonyl (C=O) groups excluding carboxylic acids is 3. The fourth-order valence-corrected chi connectivity index (χ4v) is 6.40. The summed E-state index contributed by atoms with van der Waals surface area (Å²) in [5.74, 6) is -4.17. The smallest absolute Gasteiger partial charge is 0.410 e. The maximum absolute atomic E-state index is 15.4. The predicted octanol–water partition coefficient (Wildman–Crippen LogP) is 5.82. The number of benzene rings is 2. The van der Waals surface area contributed by atoms with E-state index in [0.717, 1.165) is 38.2 Å². The third-order valence-corrected chi connectivity index (χ3v) is 9.42. The molecule has 14 nitrogen and oxygen atoms in total. The van der Waals surface area contributed by atoms with Crippen molar-refractivity contribution in [1.29, 1.82) is 5.26 Å². The van der Waals surface area contributed by atoms with Crippen molar-refractivity contribution in [3.8, 4) is 17.3 Å². The zero-order valence-corrected chi connectivity index (χ0v) is 31.7. The number of aromatic nitrogens is 5. The maximum atomic E-state index is 15.4. The second-order valence-electron chi connectivity index (χ2n) is 13.6. The number of nitrogens with zero attached hydrogens (tertiary/aromatic N) is 8. The minimum absolute atomic E-state index is 0.131. The SMILES string of the molecule is C[C@@H](c1nc(-c2ccc(C#N)cc2)cs1)[C@](O)(Cn1cnc(C(=O)N(C)c2ncccc2COC(=O)CN(C)C(=O)OC(C)(C)C)n1)c1cc(F)ccc1F. The van der Waals surface area contributed by atoms with Gasteiger partial charge in [0, 0.05) is 48.3 Å². The molecular weight excluding hydrogens is 735 g/mol. The minimum Gasteiger partial charge on any atom is -0.459 e. The Morgan fingerprint density at radius 1 is 1.07 bits per heavy atom. The number of anilines is 1. The van der Waals surface area contributed by atoms with Gasteiger partial charge in [0.05, 0.1) is 28.9 Å². The van der Waals surface area contributed by atoms with Crippen LogP contribution in [0.25, 0.3) is 11.3 Å². The molecule has 0 saturated carbocycles. The average molecular weight is 773 g/mol. The lowest BCUT2D eigenvalue weighted by Gasteiger charge is -2.33. The standard InChI is InChI=1S/C38H38F2N8O6S/c1-23(34-44-30(20-55-34)25-11-9-24(17-41)10-12-25)38(52,28-16-27(39)13-14-29(28)40)21-48-22-43-32(45-48)35(50)47(6)33-26(8-7-15-42-33)19-53-31(49)18-46(5)36(51)54-37(2,3)4/h7-16,20,22-23,52H,18-19,21H2,1-6H3/t23-,38+/m0/s1. The number of hydrogen-bond acceptors (Lipinski definition) is 12. The van der Waals surface area contributed by atoms with Gasteiger partial charge in [0.25, 0.3) is 5.91 Å². The number of aliphatic hydroxyl groups is 1. The van der Waals surface area contributed by atoms with E-state index in [0.29, 0.717) is 21.8 Å². The molecule has 2 atom stereocenters. The number of nitriles is 1. The summed E-state index contributed by atoms with van der Waals surface area (Å²) in [6.07, 6.45) is 1.92. The van der Waals surface area contributed by atoms with E-state index in [1.54, 1.807) is 69.5 Å². The molecule has 0 unspecified atom stereocenters. The molecule has 286 valence electrons. The summed E-state index contributed by atoms with van der Waals surface area (Å²) in [5.41, 5.74) is -1.11. The van der Waals surface area contributed by atoms with Crippen LogP contribution in [0.5, 0.6) is 0 Å². The summed E-state index contributed by atoms with van der Waals surface area (Å²) in [5, 5.41) is 27.9. The normalized spacial score (nSPS) is 12.9. The Balaban J connectivity index is 1.34. The number of amides is 2. The number of likely N-dealkylation sites (N-methyl/N-ethyl adjacent to an activating group) is 1. The first-order chi connectivity index (χ1) is 26.0. The Morgan fingerprint density at radius 3 is 2.49 bits per heavy atom. The zero-order chi connectivity index (χ0) is 40.1. The zero-order valence-electron chi connectivity index (χ0n) is 30.9. The number of carbonyl (C=O) groups is 3. The average Bonchev–Trinajstić information content (AvgIpc) is 3.84. The van der Waals surface area contributed by atoms with Crippen LogP contribution >= 0.6 is 11.3 Å². The first-order valence-corrected chi connectivity index (χ1v) is 17.7. The quantitative estimate of drug-likeness (QED) is 0.151. The summed E-state index contributed by atoms with van der Waals surface area (Å²) >= 11 is 1.21. The van der Waals surface area contributed by atoms with E-state index < -0.39 is 53.3 Å². The maximum Gasteiger partial charge on any atom is 0.410 e. The molecule has 2 amide bonds. The minimum atomic E-state index is -2.14. The van der Waals surface area contributed by atoms with Crippen molar-refractivity contribution in [3.63, 3.8) is 0 Å². The fraction of sp³-hybridized carbons (Fsp3) is 0.316. The number of thiazole rings is 1. The van der Waals surface area contributed by atoms with Crippen LogP contribution in [0.3, 0.4) is 0 Å². The van der Waals surface area contributed by atoms with Crippen LogP contribution in [0.4, 0.5) is 19.4 Å². The van der Waals surface area contributed by atoms with E-state index in [-0.39, 0.29) is 30.4 Å². The Hall–Kier alpha value is -6.12. The van der Waals surface area contributed by atoms with E-state index in [4.69, 9.17) is 14.7 Å². The lowest BCUT2D eigenvalue weighted by molar-refractivity contribution is -0.145. The number of hydrogen-bond donors (Lipinski definition) is 1. The Kier molecular flexibility index (Phi) is 12.0. The van der Waals surface area contributed by atoms with Gasteiger partial charge in [0.2, 0.25) is 5.82 Å². The molecule has 0 aliphatic carbocycles. The second kappa shape index (κ2) is 16.5. The monoisotopic (exact) mass is 772 g/mol. The van der Waals surface area contributed by atoms with Crippen molar-refractivity contribution >= 4 is 35.1 Å². The van der Waals surface area contributed by atoms with E-state index in [9.17, 15) is 23.9 Å². The molecule has 0 fully saturated rings. The molecule has 0 spiro atoms. The van der Waals surface area contributed by atoms with Crippen LogP contribution in [0.15, 0.2) is 72.5 Å².